The van der Waals surface area contributed by atoms with E-state index >= 15 is 0 Å². The second-order valence-corrected chi connectivity index (χ2v) is 7.04. The Morgan fingerprint density at radius 1 is 1.11 bits per heavy atom. The average Bonchev–Trinajstić information content (AvgIpc) is 3.06. The SMILES string of the molecule is Cc1ccc(-c2cc(C(F)(F)F)nn2-c2ccc(OOSN)cc2)c(I)c1. The molecule has 2 N–H and O–H groups in total. The van der Waals surface area contributed by atoms with Gasteiger partial charge in [-0.1, -0.05) is 22.0 Å². The molecule has 0 fully saturated rings. The summed E-state index contributed by atoms with van der Waals surface area (Å²) < 4.78 is 46.4. The summed E-state index contributed by atoms with van der Waals surface area (Å²) in [5.41, 5.74) is 1.51. The van der Waals surface area contributed by atoms with E-state index in [1.54, 1.807) is 30.3 Å². The molecule has 3 aromatic rings. The Hall–Kier alpha value is -1.76. The summed E-state index contributed by atoms with van der Waals surface area (Å²) in [6.07, 6.45) is -4.55. The Kier molecular flexibility index (Phi) is 5.99. The molecule has 0 amide bonds. The number of benzene rings is 2. The Balaban J connectivity index is 2.09. The molecule has 0 saturated heterocycles. The third kappa shape index (κ3) is 4.57. The lowest BCUT2D eigenvalue weighted by Gasteiger charge is -2.10. The second kappa shape index (κ2) is 8.09. The van der Waals surface area contributed by atoms with E-state index in [0.717, 1.165) is 15.2 Å². The zero-order valence-electron chi connectivity index (χ0n) is 13.8. The van der Waals surface area contributed by atoms with Crippen LogP contribution < -0.4 is 10.0 Å². The van der Waals surface area contributed by atoms with Crippen molar-refractivity contribution >= 4 is 34.8 Å². The number of nitrogens with zero attached hydrogens (tertiary/aromatic N) is 2. The maximum absolute atomic E-state index is 13.3. The van der Waals surface area contributed by atoms with Gasteiger partial charge in [-0.15, -0.1) is 0 Å². The largest absolute Gasteiger partial charge is 0.435 e. The first-order valence-corrected chi connectivity index (χ1v) is 9.42. The summed E-state index contributed by atoms with van der Waals surface area (Å²) in [6, 6.07) is 12.8. The van der Waals surface area contributed by atoms with Crippen LogP contribution in [0, 0.1) is 10.5 Å². The lowest BCUT2D eigenvalue weighted by atomic mass is 10.1. The highest BCUT2D eigenvalue weighted by Crippen LogP contribution is 2.35. The predicted octanol–water partition coefficient (Wildman–Crippen LogP) is 5.30. The average molecular weight is 507 g/mol. The molecule has 0 bridgehead atoms. The molecule has 0 aliphatic heterocycles. The molecule has 10 heteroatoms. The first-order valence-electron chi connectivity index (χ1n) is 7.54. The summed E-state index contributed by atoms with van der Waals surface area (Å²) in [5.74, 6) is 0.353. The van der Waals surface area contributed by atoms with E-state index in [9.17, 15) is 13.2 Å². The molecule has 142 valence electrons. The third-order valence-corrected chi connectivity index (χ3v) is 4.69. The van der Waals surface area contributed by atoms with E-state index in [-0.39, 0.29) is 0 Å². The van der Waals surface area contributed by atoms with Crippen LogP contribution in [0.15, 0.2) is 48.5 Å². The van der Waals surface area contributed by atoms with Gasteiger partial charge in [-0.2, -0.15) is 18.3 Å². The van der Waals surface area contributed by atoms with E-state index < -0.39 is 11.9 Å². The van der Waals surface area contributed by atoms with Gasteiger partial charge in [-0.3, -0.25) is 5.14 Å². The molecule has 0 aliphatic rings. The van der Waals surface area contributed by atoms with Crippen molar-refractivity contribution in [2.75, 3.05) is 0 Å². The Bertz CT molecular complexity index is 946. The first-order chi connectivity index (χ1) is 12.8. The molecule has 3 rings (SSSR count). The molecule has 0 spiro atoms. The highest BCUT2D eigenvalue weighted by atomic mass is 127. The molecule has 0 atom stereocenters. The van der Waals surface area contributed by atoms with Gasteiger partial charge in [0.2, 0.25) is 0 Å². The molecule has 0 unspecified atom stereocenters. The minimum absolute atomic E-state index is 0.342. The van der Waals surface area contributed by atoms with Crippen molar-refractivity contribution in [1.29, 1.82) is 0 Å². The maximum Gasteiger partial charge on any atom is 0.435 e. The molecule has 0 saturated carbocycles. The van der Waals surface area contributed by atoms with E-state index in [1.807, 2.05) is 19.1 Å². The van der Waals surface area contributed by atoms with Crippen LogP contribution in [0.3, 0.4) is 0 Å². The topological polar surface area (TPSA) is 62.3 Å². The molecular formula is C17H13F3IN3O2S. The van der Waals surface area contributed by atoms with Crippen LogP contribution in [0.25, 0.3) is 16.9 Å². The van der Waals surface area contributed by atoms with Crippen molar-refractivity contribution in [3.8, 4) is 22.7 Å². The fourth-order valence-corrected chi connectivity index (χ4v) is 3.50. The number of aryl methyl sites for hydroxylation is 1. The minimum Gasteiger partial charge on any atom is -0.324 e. The quantitative estimate of drug-likeness (QED) is 0.167. The minimum atomic E-state index is -4.55. The van der Waals surface area contributed by atoms with Crippen molar-refractivity contribution in [3.05, 3.63) is 63.4 Å². The van der Waals surface area contributed by atoms with E-state index in [0.29, 0.717) is 34.9 Å². The monoisotopic (exact) mass is 507 g/mol. The molecule has 2 aromatic carbocycles. The van der Waals surface area contributed by atoms with Crippen LogP contribution in [-0.4, -0.2) is 9.78 Å². The maximum atomic E-state index is 13.3. The summed E-state index contributed by atoms with van der Waals surface area (Å²) in [6.45, 7) is 1.92. The van der Waals surface area contributed by atoms with E-state index in [1.165, 1.54) is 4.68 Å². The van der Waals surface area contributed by atoms with Gasteiger partial charge >= 0.3 is 6.18 Å². The number of hydrogen-bond donors (Lipinski definition) is 1. The number of alkyl halides is 3. The highest BCUT2D eigenvalue weighted by Gasteiger charge is 2.35. The molecule has 0 aliphatic carbocycles. The Morgan fingerprint density at radius 3 is 2.41 bits per heavy atom. The summed E-state index contributed by atoms with van der Waals surface area (Å²) in [7, 11) is 0. The summed E-state index contributed by atoms with van der Waals surface area (Å²) >= 11 is 2.64. The van der Waals surface area contributed by atoms with Crippen molar-refractivity contribution < 1.29 is 22.4 Å². The first kappa shape index (κ1) is 20.0. The van der Waals surface area contributed by atoms with Crippen LogP contribution in [-0.2, 0) is 10.5 Å². The number of nitrogens with two attached hydrogens (primary N) is 1. The Morgan fingerprint density at radius 2 is 1.81 bits per heavy atom. The van der Waals surface area contributed by atoms with Crippen LogP contribution in [0.4, 0.5) is 13.2 Å². The van der Waals surface area contributed by atoms with Gasteiger partial charge in [-0.05, 0) is 65.9 Å². The van der Waals surface area contributed by atoms with Crippen LogP contribution in [0.1, 0.15) is 11.3 Å². The molecule has 0 radical (unpaired) electrons. The Labute approximate surface area is 171 Å². The molecular weight excluding hydrogens is 494 g/mol. The van der Waals surface area contributed by atoms with Gasteiger partial charge in [0.05, 0.1) is 11.4 Å². The lowest BCUT2D eigenvalue weighted by molar-refractivity contribution is -0.141. The van der Waals surface area contributed by atoms with Gasteiger partial charge in [0, 0.05) is 9.13 Å². The van der Waals surface area contributed by atoms with E-state index in [4.69, 9.17) is 10.0 Å². The second-order valence-electron chi connectivity index (χ2n) is 5.55. The lowest BCUT2D eigenvalue weighted by Crippen LogP contribution is -2.07. The molecule has 27 heavy (non-hydrogen) atoms. The van der Waals surface area contributed by atoms with Crippen LogP contribution in [0.2, 0.25) is 0 Å². The zero-order chi connectivity index (χ0) is 19.6. The number of aromatic nitrogens is 2. The molecule has 1 heterocycles. The van der Waals surface area contributed by atoms with Gasteiger partial charge in [0.1, 0.15) is 12.2 Å². The molecule has 5 nitrogen and oxygen atoms in total. The fourth-order valence-electron chi connectivity index (χ4n) is 2.44. The smallest absolute Gasteiger partial charge is 0.324 e. The normalized spacial score (nSPS) is 11.6. The third-order valence-electron chi connectivity index (χ3n) is 3.65. The van der Waals surface area contributed by atoms with Gasteiger partial charge in [0.25, 0.3) is 0 Å². The van der Waals surface area contributed by atoms with Crippen LogP contribution >= 0.6 is 34.8 Å². The standard InChI is InChI=1S/C17H13F3IN3O2S/c1-10-2-7-13(14(21)8-10)15-9-16(17(18,19)20)23-24(15)11-3-5-12(6-4-11)25-26-27-22/h2-9H,22H2,1H3. The predicted molar refractivity (Wildman–Crippen MR) is 105 cm³/mol. The summed E-state index contributed by atoms with van der Waals surface area (Å²) in [5, 5.41) is 8.87. The summed E-state index contributed by atoms with van der Waals surface area (Å²) in [4.78, 5) is 4.88. The number of rotatable bonds is 5. The van der Waals surface area contributed by atoms with Crippen molar-refractivity contribution in [1.82, 2.24) is 9.78 Å². The van der Waals surface area contributed by atoms with Gasteiger partial charge in [-0.25, -0.2) is 4.68 Å². The van der Waals surface area contributed by atoms with Crippen molar-refractivity contribution in [3.63, 3.8) is 0 Å². The molecule has 1 aromatic heterocycles. The number of halogens is 4. The van der Waals surface area contributed by atoms with Gasteiger partial charge < -0.3 is 4.89 Å². The van der Waals surface area contributed by atoms with E-state index in [2.05, 4.69) is 32.0 Å². The van der Waals surface area contributed by atoms with Crippen LogP contribution in [0.5, 0.6) is 5.75 Å². The highest BCUT2D eigenvalue weighted by molar-refractivity contribution is 14.1. The van der Waals surface area contributed by atoms with Crippen molar-refractivity contribution in [2.45, 2.75) is 13.1 Å². The number of hydrogen-bond acceptors (Lipinski definition) is 5. The zero-order valence-corrected chi connectivity index (χ0v) is 16.8. The van der Waals surface area contributed by atoms with Crippen molar-refractivity contribution in [2.24, 2.45) is 5.14 Å². The fraction of sp³-hybridized carbons (Fsp3) is 0.118. The van der Waals surface area contributed by atoms with Gasteiger partial charge in [0.15, 0.2) is 11.4 Å².